The molecule has 3 heteroatoms. The molecule has 1 aromatic carbocycles. The van der Waals surface area contributed by atoms with Gasteiger partial charge in [-0.25, -0.2) is 8.78 Å². The zero-order valence-corrected chi connectivity index (χ0v) is 13.0. The van der Waals surface area contributed by atoms with Gasteiger partial charge in [-0.1, -0.05) is 32.6 Å². The van der Waals surface area contributed by atoms with Crippen molar-refractivity contribution < 1.29 is 8.78 Å². The van der Waals surface area contributed by atoms with Crippen LogP contribution in [0.5, 0.6) is 0 Å². The number of halogens is 2. The summed E-state index contributed by atoms with van der Waals surface area (Å²) in [5.74, 6) is -0.0924. The Hall–Kier alpha value is -0.960. The fourth-order valence-electron chi connectivity index (χ4n) is 3.37. The van der Waals surface area contributed by atoms with Crippen LogP contribution < -0.4 is 5.32 Å². The van der Waals surface area contributed by atoms with Crippen LogP contribution in [-0.4, -0.2) is 12.6 Å². The molecule has 0 bridgehead atoms. The summed E-state index contributed by atoms with van der Waals surface area (Å²) >= 11 is 0. The maximum Gasteiger partial charge on any atom is 0.126 e. The lowest BCUT2D eigenvalue weighted by molar-refractivity contribution is 0.401. The van der Waals surface area contributed by atoms with Crippen LogP contribution in [-0.2, 0) is 6.42 Å². The Morgan fingerprint density at radius 2 is 1.81 bits per heavy atom. The van der Waals surface area contributed by atoms with Crippen LogP contribution in [0.3, 0.4) is 0 Å². The summed E-state index contributed by atoms with van der Waals surface area (Å²) in [6.07, 6.45) is 9.57. The average molecular weight is 295 g/mol. The van der Waals surface area contributed by atoms with E-state index < -0.39 is 11.6 Å². The SMILES string of the molecule is CCCNC(CCC1CCCC1)Cc1cc(F)cc(F)c1. The second-order valence-corrected chi connectivity index (χ2v) is 6.36. The van der Waals surface area contributed by atoms with Crippen molar-refractivity contribution in [3.05, 3.63) is 35.4 Å². The van der Waals surface area contributed by atoms with E-state index in [0.29, 0.717) is 12.5 Å². The number of benzene rings is 1. The van der Waals surface area contributed by atoms with Crippen molar-refractivity contribution >= 4 is 0 Å². The minimum absolute atomic E-state index is 0.326. The standard InChI is InChI=1S/C18H27F2N/c1-2-9-21-18(8-7-14-5-3-4-6-14)12-15-10-16(19)13-17(20)11-15/h10-11,13-14,18,21H,2-9,12H2,1H3. The van der Waals surface area contributed by atoms with Gasteiger partial charge in [0.25, 0.3) is 0 Å². The average Bonchev–Trinajstić information content (AvgIpc) is 2.94. The largest absolute Gasteiger partial charge is 0.314 e. The van der Waals surface area contributed by atoms with Gasteiger partial charge >= 0.3 is 0 Å². The lowest BCUT2D eigenvalue weighted by Crippen LogP contribution is -2.32. The predicted molar refractivity (Wildman–Crippen MR) is 83.3 cm³/mol. The zero-order valence-electron chi connectivity index (χ0n) is 13.0. The first kappa shape index (κ1) is 16.4. The monoisotopic (exact) mass is 295 g/mol. The fraction of sp³-hybridized carbons (Fsp3) is 0.667. The van der Waals surface area contributed by atoms with Gasteiger partial charge in [0, 0.05) is 12.1 Å². The highest BCUT2D eigenvalue weighted by atomic mass is 19.1. The van der Waals surface area contributed by atoms with Crippen molar-refractivity contribution in [1.29, 1.82) is 0 Å². The second-order valence-electron chi connectivity index (χ2n) is 6.36. The molecular weight excluding hydrogens is 268 g/mol. The number of hydrogen-bond donors (Lipinski definition) is 1. The predicted octanol–water partition coefficient (Wildman–Crippen LogP) is 4.85. The van der Waals surface area contributed by atoms with Crippen molar-refractivity contribution in [2.75, 3.05) is 6.54 Å². The van der Waals surface area contributed by atoms with Crippen LogP contribution in [0.4, 0.5) is 8.78 Å². The van der Waals surface area contributed by atoms with E-state index in [9.17, 15) is 8.78 Å². The van der Waals surface area contributed by atoms with E-state index in [1.807, 2.05) is 0 Å². The van der Waals surface area contributed by atoms with Gasteiger partial charge in [-0.2, -0.15) is 0 Å². The molecule has 1 N–H and O–H groups in total. The van der Waals surface area contributed by atoms with E-state index in [2.05, 4.69) is 12.2 Å². The summed E-state index contributed by atoms with van der Waals surface area (Å²) in [6.45, 7) is 3.11. The lowest BCUT2D eigenvalue weighted by atomic mass is 9.95. The van der Waals surface area contributed by atoms with Crippen molar-refractivity contribution in [1.82, 2.24) is 5.32 Å². The van der Waals surface area contributed by atoms with E-state index in [0.717, 1.165) is 36.9 Å². The smallest absolute Gasteiger partial charge is 0.126 e. The number of hydrogen-bond acceptors (Lipinski definition) is 1. The topological polar surface area (TPSA) is 12.0 Å². The van der Waals surface area contributed by atoms with Crippen LogP contribution in [0.15, 0.2) is 18.2 Å². The van der Waals surface area contributed by atoms with Gasteiger partial charge in [0.1, 0.15) is 11.6 Å². The molecule has 0 aliphatic heterocycles. The molecule has 1 aliphatic rings. The van der Waals surface area contributed by atoms with E-state index in [-0.39, 0.29) is 0 Å². The first-order chi connectivity index (χ1) is 10.2. The van der Waals surface area contributed by atoms with Crippen LogP contribution >= 0.6 is 0 Å². The maximum atomic E-state index is 13.3. The second kappa shape index (κ2) is 8.47. The molecule has 1 unspecified atom stereocenters. The Morgan fingerprint density at radius 1 is 1.14 bits per heavy atom. The van der Waals surface area contributed by atoms with Gasteiger partial charge in [-0.15, -0.1) is 0 Å². The van der Waals surface area contributed by atoms with E-state index in [1.165, 1.54) is 44.2 Å². The zero-order chi connectivity index (χ0) is 15.1. The highest BCUT2D eigenvalue weighted by Crippen LogP contribution is 2.29. The first-order valence-corrected chi connectivity index (χ1v) is 8.35. The van der Waals surface area contributed by atoms with Crippen LogP contribution in [0, 0.1) is 17.6 Å². The fourth-order valence-corrected chi connectivity index (χ4v) is 3.37. The molecule has 2 rings (SSSR count). The van der Waals surface area contributed by atoms with Crippen LogP contribution in [0.25, 0.3) is 0 Å². The molecular formula is C18H27F2N. The van der Waals surface area contributed by atoms with Gasteiger partial charge < -0.3 is 5.32 Å². The summed E-state index contributed by atoms with van der Waals surface area (Å²) in [6, 6.07) is 4.18. The summed E-state index contributed by atoms with van der Waals surface area (Å²) in [4.78, 5) is 0. The molecule has 1 nitrogen and oxygen atoms in total. The van der Waals surface area contributed by atoms with Gasteiger partial charge in [-0.3, -0.25) is 0 Å². The number of rotatable bonds is 8. The molecule has 1 fully saturated rings. The molecule has 0 radical (unpaired) electrons. The normalized spacial score (nSPS) is 17.3. The lowest BCUT2D eigenvalue weighted by Gasteiger charge is -2.20. The third-order valence-corrected chi connectivity index (χ3v) is 4.49. The molecule has 0 aromatic heterocycles. The van der Waals surface area contributed by atoms with Crippen molar-refractivity contribution in [2.45, 2.75) is 64.3 Å². The Kier molecular flexibility index (Phi) is 6.62. The molecule has 0 heterocycles. The molecule has 0 saturated heterocycles. The molecule has 21 heavy (non-hydrogen) atoms. The summed E-state index contributed by atoms with van der Waals surface area (Å²) in [7, 11) is 0. The molecule has 1 aliphatic carbocycles. The Balaban J connectivity index is 1.90. The quantitative estimate of drug-likeness (QED) is 0.723. The molecule has 0 spiro atoms. The van der Waals surface area contributed by atoms with Gasteiger partial charge in [0.2, 0.25) is 0 Å². The third kappa shape index (κ3) is 5.74. The van der Waals surface area contributed by atoms with E-state index in [1.54, 1.807) is 0 Å². The van der Waals surface area contributed by atoms with Crippen molar-refractivity contribution in [3.63, 3.8) is 0 Å². The van der Waals surface area contributed by atoms with Gasteiger partial charge in [-0.05, 0) is 55.8 Å². The third-order valence-electron chi connectivity index (χ3n) is 4.49. The molecule has 1 atom stereocenters. The molecule has 118 valence electrons. The van der Waals surface area contributed by atoms with Gasteiger partial charge in [0.05, 0.1) is 0 Å². The highest BCUT2D eigenvalue weighted by molar-refractivity contribution is 5.19. The number of nitrogens with one attached hydrogen (secondary N) is 1. The molecule has 1 aromatic rings. The van der Waals surface area contributed by atoms with Crippen LogP contribution in [0.1, 0.15) is 57.4 Å². The summed E-state index contributed by atoms with van der Waals surface area (Å²) < 4.78 is 26.6. The van der Waals surface area contributed by atoms with E-state index >= 15 is 0 Å². The Labute approximate surface area is 127 Å². The Bertz CT molecular complexity index is 407. The van der Waals surface area contributed by atoms with Crippen LogP contribution in [0.2, 0.25) is 0 Å². The van der Waals surface area contributed by atoms with Gasteiger partial charge in [0.15, 0.2) is 0 Å². The molecule has 1 saturated carbocycles. The highest BCUT2D eigenvalue weighted by Gasteiger charge is 2.17. The summed E-state index contributed by atoms with van der Waals surface area (Å²) in [5.41, 5.74) is 0.757. The van der Waals surface area contributed by atoms with Crippen molar-refractivity contribution in [2.24, 2.45) is 5.92 Å². The minimum atomic E-state index is -0.477. The van der Waals surface area contributed by atoms with Crippen molar-refractivity contribution in [3.8, 4) is 0 Å². The maximum absolute atomic E-state index is 13.3. The minimum Gasteiger partial charge on any atom is -0.314 e. The van der Waals surface area contributed by atoms with E-state index in [4.69, 9.17) is 0 Å². The summed E-state index contributed by atoms with van der Waals surface area (Å²) in [5, 5.41) is 3.54. The first-order valence-electron chi connectivity index (χ1n) is 8.35. The molecule has 0 amide bonds. The Morgan fingerprint density at radius 3 is 2.43 bits per heavy atom.